The molecule has 2 aromatic heterocycles. The topological polar surface area (TPSA) is 30.7 Å². The van der Waals surface area contributed by atoms with E-state index >= 15 is 0 Å². The van der Waals surface area contributed by atoms with E-state index in [-0.39, 0.29) is 0 Å². The summed E-state index contributed by atoms with van der Waals surface area (Å²) in [7, 11) is 0. The molecule has 0 saturated heterocycles. The van der Waals surface area contributed by atoms with Crippen LogP contribution in [0.3, 0.4) is 0 Å². The summed E-state index contributed by atoms with van der Waals surface area (Å²) in [5.74, 6) is 0. The third kappa shape index (κ3) is 1.60. The van der Waals surface area contributed by atoms with Gasteiger partial charge >= 0.3 is 0 Å². The van der Waals surface area contributed by atoms with Crippen molar-refractivity contribution >= 4 is 10.9 Å². The molecule has 0 amide bonds. The Labute approximate surface area is 99.7 Å². The molecule has 0 aliphatic rings. The second kappa shape index (κ2) is 3.70. The van der Waals surface area contributed by atoms with E-state index in [0.29, 0.717) is 0 Å². The highest BCUT2D eigenvalue weighted by Gasteiger charge is 2.06. The van der Waals surface area contributed by atoms with Gasteiger partial charge in [0.15, 0.2) is 0 Å². The van der Waals surface area contributed by atoms with E-state index < -0.39 is 0 Å². The molecule has 3 aromatic rings. The Kier molecular flexibility index (Phi) is 2.18. The van der Waals surface area contributed by atoms with Crippen LogP contribution in [-0.2, 0) is 0 Å². The van der Waals surface area contributed by atoms with Crippen molar-refractivity contribution in [1.82, 2.24) is 14.8 Å². The van der Waals surface area contributed by atoms with Gasteiger partial charge in [0, 0.05) is 23.3 Å². The molecule has 2 heterocycles. The van der Waals surface area contributed by atoms with Gasteiger partial charge in [-0.05, 0) is 31.5 Å². The second-order valence-corrected chi connectivity index (χ2v) is 4.25. The molecule has 0 radical (unpaired) electrons. The van der Waals surface area contributed by atoms with Gasteiger partial charge < -0.3 is 0 Å². The van der Waals surface area contributed by atoms with Crippen molar-refractivity contribution in [2.24, 2.45) is 0 Å². The Morgan fingerprint density at radius 1 is 1.12 bits per heavy atom. The van der Waals surface area contributed by atoms with Crippen molar-refractivity contribution in [3.8, 4) is 5.69 Å². The third-order valence-electron chi connectivity index (χ3n) is 2.96. The number of rotatable bonds is 1. The van der Waals surface area contributed by atoms with Gasteiger partial charge in [-0.25, -0.2) is 4.68 Å². The smallest absolute Gasteiger partial charge is 0.0752 e. The van der Waals surface area contributed by atoms with Crippen LogP contribution in [0, 0.1) is 13.8 Å². The first-order chi connectivity index (χ1) is 8.25. The summed E-state index contributed by atoms with van der Waals surface area (Å²) in [6.07, 6.45) is 5.71. The van der Waals surface area contributed by atoms with Crippen molar-refractivity contribution in [3.05, 3.63) is 54.0 Å². The highest BCUT2D eigenvalue weighted by atomic mass is 15.3. The van der Waals surface area contributed by atoms with E-state index in [1.54, 1.807) is 0 Å². The van der Waals surface area contributed by atoms with Gasteiger partial charge in [0.1, 0.15) is 0 Å². The van der Waals surface area contributed by atoms with Crippen LogP contribution in [0.4, 0.5) is 0 Å². The number of pyridine rings is 1. The number of aryl methyl sites for hydroxylation is 2. The molecule has 0 atom stereocenters. The zero-order valence-electron chi connectivity index (χ0n) is 9.88. The fourth-order valence-electron chi connectivity index (χ4n) is 2.07. The Bertz CT molecular complexity index is 683. The number of benzene rings is 1. The van der Waals surface area contributed by atoms with Gasteiger partial charge in [0.05, 0.1) is 17.4 Å². The molecule has 17 heavy (non-hydrogen) atoms. The predicted octanol–water partition coefficient (Wildman–Crippen LogP) is 3.04. The van der Waals surface area contributed by atoms with Crippen LogP contribution in [0.2, 0.25) is 0 Å². The van der Waals surface area contributed by atoms with Crippen LogP contribution >= 0.6 is 0 Å². The molecular formula is C14H13N3. The van der Waals surface area contributed by atoms with E-state index in [2.05, 4.69) is 35.2 Å². The molecule has 0 bridgehead atoms. The maximum absolute atomic E-state index is 4.43. The summed E-state index contributed by atoms with van der Waals surface area (Å²) in [4.78, 5) is 4.43. The molecule has 1 aromatic carbocycles. The largest absolute Gasteiger partial charge is 0.256 e. The lowest BCUT2D eigenvalue weighted by atomic mass is 10.1. The lowest BCUT2D eigenvalue weighted by molar-refractivity contribution is 0.874. The lowest BCUT2D eigenvalue weighted by Gasteiger charge is -2.08. The lowest BCUT2D eigenvalue weighted by Crippen LogP contribution is -1.98. The Morgan fingerprint density at radius 3 is 2.76 bits per heavy atom. The molecular weight excluding hydrogens is 210 g/mol. The first kappa shape index (κ1) is 10.0. The standard InChI is InChI=1S/C14H13N3/c1-10-8-16-17(9-10)13-6-5-12-4-3-7-15-14(12)11(13)2/h3-9H,1-2H3. The Hall–Kier alpha value is -2.16. The van der Waals surface area contributed by atoms with Crippen molar-refractivity contribution in [1.29, 1.82) is 0 Å². The third-order valence-corrected chi connectivity index (χ3v) is 2.96. The van der Waals surface area contributed by atoms with Crippen molar-refractivity contribution in [2.75, 3.05) is 0 Å². The van der Waals surface area contributed by atoms with Crippen LogP contribution in [0.1, 0.15) is 11.1 Å². The minimum atomic E-state index is 1.04. The summed E-state index contributed by atoms with van der Waals surface area (Å²) in [6, 6.07) is 8.21. The maximum Gasteiger partial charge on any atom is 0.0752 e. The highest BCUT2D eigenvalue weighted by molar-refractivity contribution is 5.84. The average Bonchev–Trinajstić information content (AvgIpc) is 2.77. The predicted molar refractivity (Wildman–Crippen MR) is 68.3 cm³/mol. The molecule has 84 valence electrons. The first-order valence-corrected chi connectivity index (χ1v) is 5.62. The number of nitrogens with zero attached hydrogens (tertiary/aromatic N) is 3. The normalized spacial score (nSPS) is 10.9. The van der Waals surface area contributed by atoms with Gasteiger partial charge in [-0.1, -0.05) is 12.1 Å². The zero-order valence-corrected chi connectivity index (χ0v) is 9.88. The molecule has 0 fully saturated rings. The van der Waals surface area contributed by atoms with Crippen LogP contribution in [0.15, 0.2) is 42.9 Å². The van der Waals surface area contributed by atoms with E-state index in [1.807, 2.05) is 36.3 Å². The minimum absolute atomic E-state index is 1.04. The number of aromatic nitrogens is 3. The molecule has 3 heteroatoms. The molecule has 3 nitrogen and oxygen atoms in total. The van der Waals surface area contributed by atoms with Crippen LogP contribution in [0.5, 0.6) is 0 Å². The summed E-state index contributed by atoms with van der Waals surface area (Å²) < 4.78 is 1.90. The average molecular weight is 223 g/mol. The van der Waals surface area contributed by atoms with Gasteiger partial charge in [0.25, 0.3) is 0 Å². The Balaban J connectivity index is 2.28. The molecule has 0 aliphatic heterocycles. The van der Waals surface area contributed by atoms with E-state index in [9.17, 15) is 0 Å². The second-order valence-electron chi connectivity index (χ2n) is 4.25. The van der Waals surface area contributed by atoms with Crippen molar-refractivity contribution < 1.29 is 0 Å². The molecule has 0 aliphatic carbocycles. The molecule has 0 N–H and O–H groups in total. The van der Waals surface area contributed by atoms with E-state index in [4.69, 9.17) is 0 Å². The summed E-state index contributed by atoms with van der Waals surface area (Å²) in [5.41, 5.74) is 4.44. The Morgan fingerprint density at radius 2 is 2.00 bits per heavy atom. The molecule has 0 saturated carbocycles. The molecule has 0 spiro atoms. The van der Waals surface area contributed by atoms with Gasteiger partial charge in [0.2, 0.25) is 0 Å². The van der Waals surface area contributed by atoms with Crippen LogP contribution in [-0.4, -0.2) is 14.8 Å². The minimum Gasteiger partial charge on any atom is -0.256 e. The van der Waals surface area contributed by atoms with Gasteiger partial charge in [-0.2, -0.15) is 5.10 Å². The fourth-order valence-corrected chi connectivity index (χ4v) is 2.07. The van der Waals surface area contributed by atoms with E-state index in [1.165, 1.54) is 0 Å². The van der Waals surface area contributed by atoms with Crippen LogP contribution < -0.4 is 0 Å². The maximum atomic E-state index is 4.43. The van der Waals surface area contributed by atoms with Crippen molar-refractivity contribution in [3.63, 3.8) is 0 Å². The number of hydrogen-bond donors (Lipinski definition) is 0. The van der Waals surface area contributed by atoms with E-state index in [0.717, 1.165) is 27.7 Å². The van der Waals surface area contributed by atoms with Crippen molar-refractivity contribution in [2.45, 2.75) is 13.8 Å². The quantitative estimate of drug-likeness (QED) is 0.634. The molecule has 0 unspecified atom stereocenters. The number of fused-ring (bicyclic) bond motifs is 1. The summed E-state index contributed by atoms with van der Waals surface area (Å²) in [5, 5.41) is 5.51. The number of hydrogen-bond acceptors (Lipinski definition) is 2. The monoisotopic (exact) mass is 223 g/mol. The zero-order chi connectivity index (χ0) is 11.8. The summed E-state index contributed by atoms with van der Waals surface area (Å²) >= 11 is 0. The first-order valence-electron chi connectivity index (χ1n) is 5.62. The van der Waals surface area contributed by atoms with Crippen LogP contribution in [0.25, 0.3) is 16.6 Å². The summed E-state index contributed by atoms with van der Waals surface area (Å²) in [6.45, 7) is 4.12. The van der Waals surface area contributed by atoms with Gasteiger partial charge in [-0.15, -0.1) is 0 Å². The SMILES string of the molecule is Cc1cnn(-c2ccc3cccnc3c2C)c1. The molecule has 3 rings (SSSR count). The van der Waals surface area contributed by atoms with Gasteiger partial charge in [-0.3, -0.25) is 4.98 Å². The fraction of sp³-hybridized carbons (Fsp3) is 0.143. The highest BCUT2D eigenvalue weighted by Crippen LogP contribution is 2.22.